The van der Waals surface area contributed by atoms with Gasteiger partial charge in [0, 0.05) is 11.8 Å². The highest BCUT2D eigenvalue weighted by Gasteiger charge is 2.05. The first-order valence-electron chi connectivity index (χ1n) is 3.66. The summed E-state index contributed by atoms with van der Waals surface area (Å²) in [5.74, 6) is 0. The minimum absolute atomic E-state index is 0.313. The van der Waals surface area contributed by atoms with Gasteiger partial charge >= 0.3 is 0 Å². The van der Waals surface area contributed by atoms with E-state index in [1.165, 1.54) is 18.3 Å². The molecule has 0 spiro atoms. The van der Waals surface area contributed by atoms with Gasteiger partial charge in [0.05, 0.1) is 5.69 Å². The lowest BCUT2D eigenvalue weighted by Crippen LogP contribution is -2.02. The summed E-state index contributed by atoms with van der Waals surface area (Å²) in [4.78, 5) is 3.88. The number of oxime groups is 1. The van der Waals surface area contributed by atoms with Crippen LogP contribution >= 0.6 is 0 Å². The molecule has 0 radical (unpaired) electrons. The minimum atomic E-state index is -1.53. The van der Waals surface area contributed by atoms with E-state index in [9.17, 15) is 0 Å². The number of hydrogen-bond acceptors (Lipinski definition) is 5. The van der Waals surface area contributed by atoms with Crippen LogP contribution in [0.1, 0.15) is 24.5 Å². The van der Waals surface area contributed by atoms with Crippen LogP contribution in [-0.4, -0.2) is 26.1 Å². The normalized spacial score (nSPS) is 12.2. The average molecular weight is 182 g/mol. The van der Waals surface area contributed by atoms with Crippen LogP contribution in [0.4, 0.5) is 0 Å². The van der Waals surface area contributed by atoms with Crippen LogP contribution in [-0.2, 0) is 0 Å². The van der Waals surface area contributed by atoms with E-state index in [1.54, 1.807) is 6.92 Å². The number of aromatic nitrogens is 1. The van der Waals surface area contributed by atoms with Gasteiger partial charge in [0.2, 0.25) is 0 Å². The monoisotopic (exact) mass is 182 g/mol. The van der Waals surface area contributed by atoms with E-state index in [0.29, 0.717) is 17.0 Å². The van der Waals surface area contributed by atoms with Gasteiger partial charge in [-0.2, -0.15) is 0 Å². The van der Waals surface area contributed by atoms with Crippen molar-refractivity contribution in [3.05, 3.63) is 29.6 Å². The van der Waals surface area contributed by atoms with Crippen LogP contribution in [0.2, 0.25) is 0 Å². The Hall–Kier alpha value is -1.46. The Morgan fingerprint density at radius 1 is 1.54 bits per heavy atom. The molecule has 0 bridgehead atoms. The molecule has 0 atom stereocenters. The molecule has 0 aliphatic rings. The lowest BCUT2D eigenvalue weighted by molar-refractivity contribution is -0.0425. The number of rotatable bonds is 2. The second-order valence-corrected chi connectivity index (χ2v) is 2.53. The summed E-state index contributed by atoms with van der Waals surface area (Å²) in [5.41, 5.74) is 1.05. The molecular formula is C8H10N2O3. The molecule has 1 aromatic rings. The third-order valence-electron chi connectivity index (χ3n) is 1.60. The van der Waals surface area contributed by atoms with Crippen molar-refractivity contribution < 1.29 is 15.4 Å². The molecule has 5 heteroatoms. The smallest absolute Gasteiger partial charge is 0.178 e. The lowest BCUT2D eigenvalue weighted by Gasteiger charge is -2.04. The Kier molecular flexibility index (Phi) is 2.94. The molecule has 0 unspecified atom stereocenters. The van der Waals surface area contributed by atoms with Crippen LogP contribution in [0, 0.1) is 0 Å². The molecule has 0 aliphatic heterocycles. The van der Waals surface area contributed by atoms with E-state index in [-0.39, 0.29) is 0 Å². The maximum absolute atomic E-state index is 8.83. The van der Waals surface area contributed by atoms with E-state index >= 15 is 0 Å². The summed E-state index contributed by atoms with van der Waals surface area (Å²) in [7, 11) is 0. The number of aliphatic hydroxyl groups is 2. The molecule has 0 aromatic carbocycles. The average Bonchev–Trinajstić information content (AvgIpc) is 2.17. The van der Waals surface area contributed by atoms with Crippen LogP contribution in [0.25, 0.3) is 0 Å². The molecular weight excluding hydrogens is 172 g/mol. The summed E-state index contributed by atoms with van der Waals surface area (Å²) in [6.45, 7) is 1.57. The summed E-state index contributed by atoms with van der Waals surface area (Å²) in [5, 5.41) is 29.0. The lowest BCUT2D eigenvalue weighted by atomic mass is 10.2. The maximum Gasteiger partial charge on any atom is 0.178 e. The molecule has 70 valence electrons. The van der Waals surface area contributed by atoms with Gasteiger partial charge in [-0.05, 0) is 19.1 Å². The van der Waals surface area contributed by atoms with Gasteiger partial charge in [-0.15, -0.1) is 0 Å². The fraction of sp³-hybridized carbons (Fsp3) is 0.250. The molecule has 13 heavy (non-hydrogen) atoms. The number of nitrogens with zero attached hydrogens (tertiary/aromatic N) is 2. The Labute approximate surface area is 75.0 Å². The minimum Gasteiger partial charge on any atom is -0.411 e. The van der Waals surface area contributed by atoms with E-state index in [1.807, 2.05) is 0 Å². The summed E-state index contributed by atoms with van der Waals surface area (Å²) in [6.07, 6.45) is -0.119. The number of aliphatic hydroxyl groups excluding tert-OH is 1. The van der Waals surface area contributed by atoms with Crippen molar-refractivity contribution in [1.82, 2.24) is 4.98 Å². The number of pyridine rings is 1. The van der Waals surface area contributed by atoms with Crippen molar-refractivity contribution in [3.63, 3.8) is 0 Å². The Morgan fingerprint density at radius 2 is 2.23 bits per heavy atom. The van der Waals surface area contributed by atoms with Crippen molar-refractivity contribution in [2.75, 3.05) is 0 Å². The van der Waals surface area contributed by atoms with Gasteiger partial charge in [-0.3, -0.25) is 4.98 Å². The Morgan fingerprint density at radius 3 is 2.77 bits per heavy atom. The van der Waals surface area contributed by atoms with E-state index < -0.39 is 6.29 Å². The van der Waals surface area contributed by atoms with Crippen molar-refractivity contribution >= 4 is 5.71 Å². The first kappa shape index (κ1) is 9.63. The highest BCUT2D eigenvalue weighted by atomic mass is 16.5. The highest BCUT2D eigenvalue weighted by Crippen LogP contribution is 2.10. The van der Waals surface area contributed by atoms with Crippen LogP contribution in [0.5, 0.6) is 0 Å². The third kappa shape index (κ3) is 2.24. The van der Waals surface area contributed by atoms with E-state index in [0.717, 1.165) is 0 Å². The summed E-state index contributed by atoms with van der Waals surface area (Å²) >= 11 is 0. The zero-order valence-corrected chi connectivity index (χ0v) is 7.05. The first-order chi connectivity index (χ1) is 6.15. The standard InChI is InChI=1S/C8H10N2O3/c1-5(10-13)7-4-6(8(11)12)2-3-9-7/h2-4,8,11-13H,1H3/b10-5+. The van der Waals surface area contributed by atoms with Crippen molar-refractivity contribution in [2.45, 2.75) is 13.2 Å². The molecule has 1 heterocycles. The molecule has 0 amide bonds. The van der Waals surface area contributed by atoms with Gasteiger partial charge in [0.1, 0.15) is 5.71 Å². The van der Waals surface area contributed by atoms with E-state index in [4.69, 9.17) is 15.4 Å². The number of hydrogen-bond donors (Lipinski definition) is 3. The molecule has 3 N–H and O–H groups in total. The Balaban J connectivity index is 3.05. The second-order valence-electron chi connectivity index (χ2n) is 2.53. The largest absolute Gasteiger partial charge is 0.411 e. The molecule has 1 aromatic heterocycles. The molecule has 0 fully saturated rings. The van der Waals surface area contributed by atoms with Crippen LogP contribution in [0.15, 0.2) is 23.5 Å². The first-order valence-corrected chi connectivity index (χ1v) is 3.66. The molecule has 1 rings (SSSR count). The van der Waals surface area contributed by atoms with Crippen molar-refractivity contribution in [2.24, 2.45) is 5.16 Å². The zero-order chi connectivity index (χ0) is 9.84. The predicted molar refractivity (Wildman–Crippen MR) is 45.4 cm³/mol. The van der Waals surface area contributed by atoms with Crippen molar-refractivity contribution in [3.8, 4) is 0 Å². The van der Waals surface area contributed by atoms with Gasteiger partial charge < -0.3 is 15.4 Å². The maximum atomic E-state index is 8.83. The fourth-order valence-corrected chi connectivity index (χ4v) is 0.857. The third-order valence-corrected chi connectivity index (χ3v) is 1.60. The molecule has 0 saturated carbocycles. The fourth-order valence-electron chi connectivity index (χ4n) is 0.857. The topological polar surface area (TPSA) is 85.9 Å². The van der Waals surface area contributed by atoms with Crippen molar-refractivity contribution in [1.29, 1.82) is 0 Å². The van der Waals surface area contributed by atoms with Gasteiger partial charge in [-0.25, -0.2) is 0 Å². The van der Waals surface area contributed by atoms with Gasteiger partial charge in [0.25, 0.3) is 0 Å². The van der Waals surface area contributed by atoms with Crippen LogP contribution in [0.3, 0.4) is 0 Å². The predicted octanol–water partition coefficient (Wildman–Crippen LogP) is 0.263. The Bertz CT molecular complexity index is 323. The zero-order valence-electron chi connectivity index (χ0n) is 7.05. The second kappa shape index (κ2) is 3.97. The van der Waals surface area contributed by atoms with E-state index in [2.05, 4.69) is 10.1 Å². The highest BCUT2D eigenvalue weighted by molar-refractivity contribution is 5.96. The molecule has 0 saturated heterocycles. The summed E-state index contributed by atoms with van der Waals surface area (Å²) in [6, 6.07) is 2.92. The molecule has 5 nitrogen and oxygen atoms in total. The van der Waals surface area contributed by atoms with Crippen LogP contribution < -0.4 is 0 Å². The molecule has 0 aliphatic carbocycles. The summed E-state index contributed by atoms with van der Waals surface area (Å²) < 4.78 is 0. The quantitative estimate of drug-likeness (QED) is 0.265. The van der Waals surface area contributed by atoms with Gasteiger partial charge in [0.15, 0.2) is 6.29 Å². The SMILES string of the molecule is C/C(=N\O)c1cc(C(O)O)ccn1. The van der Waals surface area contributed by atoms with Gasteiger partial charge in [-0.1, -0.05) is 5.16 Å².